The molecule has 1 N–H and O–H groups in total. The Balaban J connectivity index is 1.52. The molecule has 19 heavy (non-hydrogen) atoms. The molecule has 1 saturated carbocycles. The van der Waals surface area contributed by atoms with Gasteiger partial charge in [-0.1, -0.05) is 12.2 Å². The zero-order valence-corrected chi connectivity index (χ0v) is 11.4. The van der Waals surface area contributed by atoms with Crippen LogP contribution >= 0.6 is 0 Å². The predicted octanol–water partition coefficient (Wildman–Crippen LogP) is 2.15. The molecule has 0 bridgehead atoms. The highest BCUT2D eigenvalue weighted by Crippen LogP contribution is 2.39. The number of imidazole rings is 1. The molecule has 1 aromatic heterocycles. The van der Waals surface area contributed by atoms with Crippen molar-refractivity contribution in [2.75, 3.05) is 6.54 Å². The van der Waals surface area contributed by atoms with Gasteiger partial charge in [0.2, 0.25) is 5.91 Å². The lowest BCUT2D eigenvalue weighted by Gasteiger charge is -2.13. The average Bonchev–Trinajstić information content (AvgIpc) is 2.97. The number of carbonyl (C=O) groups excluding carboxylic acids is 1. The van der Waals surface area contributed by atoms with Crippen LogP contribution in [0.15, 0.2) is 18.3 Å². The van der Waals surface area contributed by atoms with Crippen LogP contribution in [-0.4, -0.2) is 22.0 Å². The Bertz CT molecular complexity index is 491. The van der Waals surface area contributed by atoms with Gasteiger partial charge in [-0.15, -0.1) is 0 Å². The summed E-state index contributed by atoms with van der Waals surface area (Å²) >= 11 is 0. The number of carbonyl (C=O) groups is 1. The van der Waals surface area contributed by atoms with Crippen molar-refractivity contribution in [2.45, 2.75) is 45.1 Å². The maximum atomic E-state index is 11.9. The summed E-state index contributed by atoms with van der Waals surface area (Å²) in [4.78, 5) is 16.4. The molecule has 0 aliphatic heterocycles. The third-order valence-corrected chi connectivity index (χ3v) is 4.04. The minimum atomic E-state index is 0.159. The van der Waals surface area contributed by atoms with E-state index in [1.165, 1.54) is 24.4 Å². The number of hydrogen-bond donors (Lipinski definition) is 1. The largest absolute Gasteiger partial charge is 0.354 e. The molecule has 1 aromatic rings. The summed E-state index contributed by atoms with van der Waals surface area (Å²) in [7, 11) is 0. The zero-order valence-electron chi connectivity index (χ0n) is 11.4. The summed E-state index contributed by atoms with van der Waals surface area (Å²) in [5.41, 5.74) is 1.19. The molecule has 0 atom stereocenters. The van der Waals surface area contributed by atoms with Gasteiger partial charge >= 0.3 is 0 Å². The maximum absolute atomic E-state index is 11.9. The van der Waals surface area contributed by atoms with E-state index in [-0.39, 0.29) is 11.8 Å². The van der Waals surface area contributed by atoms with E-state index in [1.807, 2.05) is 6.20 Å². The first-order valence-corrected chi connectivity index (χ1v) is 7.20. The van der Waals surface area contributed by atoms with Crippen LogP contribution in [0.25, 0.3) is 0 Å². The summed E-state index contributed by atoms with van der Waals surface area (Å²) in [6.45, 7) is 3.62. The highest BCUT2D eigenvalue weighted by atomic mass is 16.1. The van der Waals surface area contributed by atoms with E-state index < -0.39 is 0 Å². The molecular weight excluding hydrogens is 238 g/mol. The van der Waals surface area contributed by atoms with Crippen LogP contribution in [0.3, 0.4) is 0 Å². The Morgan fingerprint density at radius 2 is 2.16 bits per heavy atom. The summed E-state index contributed by atoms with van der Waals surface area (Å²) < 4.78 is 2.25. The van der Waals surface area contributed by atoms with Gasteiger partial charge in [-0.05, 0) is 32.6 Å². The fourth-order valence-electron chi connectivity index (χ4n) is 2.70. The van der Waals surface area contributed by atoms with E-state index in [9.17, 15) is 4.79 Å². The molecule has 4 nitrogen and oxygen atoms in total. The number of nitrogens with zero attached hydrogens (tertiary/aromatic N) is 2. The second-order valence-electron chi connectivity index (χ2n) is 5.61. The lowest BCUT2D eigenvalue weighted by molar-refractivity contribution is -0.124. The fraction of sp³-hybridized carbons (Fsp3) is 0.600. The van der Waals surface area contributed by atoms with Gasteiger partial charge in [-0.3, -0.25) is 4.79 Å². The van der Waals surface area contributed by atoms with Crippen molar-refractivity contribution in [3.05, 3.63) is 29.9 Å². The van der Waals surface area contributed by atoms with E-state index in [1.54, 1.807) is 0 Å². The number of aryl methyl sites for hydroxylation is 1. The number of aromatic nitrogens is 2. The van der Waals surface area contributed by atoms with Crippen LogP contribution in [0.5, 0.6) is 0 Å². The number of hydrogen-bond acceptors (Lipinski definition) is 2. The van der Waals surface area contributed by atoms with Crippen LogP contribution in [0.2, 0.25) is 0 Å². The smallest absolute Gasteiger partial charge is 0.223 e. The van der Waals surface area contributed by atoms with Crippen molar-refractivity contribution in [3.8, 4) is 0 Å². The summed E-state index contributed by atoms with van der Waals surface area (Å²) in [6, 6.07) is 0. The SMILES string of the molecule is Cc1cnc(C2CC2)n1CCNC(=O)C1CC=CC1. The van der Waals surface area contributed by atoms with E-state index >= 15 is 0 Å². The standard InChI is InChI=1S/C15H21N3O/c1-11-10-17-14(12-6-7-12)18(11)9-8-16-15(19)13-4-2-3-5-13/h2-3,10,12-13H,4-9H2,1H3,(H,16,19). The molecule has 0 aromatic carbocycles. The number of amides is 1. The normalized spacial score (nSPS) is 19.0. The van der Waals surface area contributed by atoms with Gasteiger partial charge in [0, 0.05) is 36.8 Å². The summed E-state index contributed by atoms with van der Waals surface area (Å²) in [5, 5.41) is 3.05. The second kappa shape index (κ2) is 5.19. The Morgan fingerprint density at radius 1 is 1.42 bits per heavy atom. The quantitative estimate of drug-likeness (QED) is 0.824. The Morgan fingerprint density at radius 3 is 2.84 bits per heavy atom. The van der Waals surface area contributed by atoms with Gasteiger partial charge in [-0.2, -0.15) is 0 Å². The third kappa shape index (κ3) is 2.72. The number of nitrogens with one attached hydrogen (secondary N) is 1. The topological polar surface area (TPSA) is 46.9 Å². The van der Waals surface area contributed by atoms with Crippen molar-refractivity contribution in [3.63, 3.8) is 0 Å². The van der Waals surface area contributed by atoms with Crippen molar-refractivity contribution in [1.82, 2.24) is 14.9 Å². The summed E-state index contributed by atoms with van der Waals surface area (Å²) in [6.07, 6.45) is 10.4. The van der Waals surface area contributed by atoms with Crippen LogP contribution < -0.4 is 5.32 Å². The summed E-state index contributed by atoms with van der Waals surface area (Å²) in [5.74, 6) is 2.21. The van der Waals surface area contributed by atoms with Crippen LogP contribution in [0, 0.1) is 12.8 Å². The highest BCUT2D eigenvalue weighted by molar-refractivity contribution is 5.79. The lowest BCUT2D eigenvalue weighted by atomic mass is 10.1. The van der Waals surface area contributed by atoms with Crippen molar-refractivity contribution < 1.29 is 4.79 Å². The molecule has 3 rings (SSSR count). The van der Waals surface area contributed by atoms with Gasteiger partial charge in [0.1, 0.15) is 5.82 Å². The molecule has 2 aliphatic carbocycles. The molecule has 0 radical (unpaired) electrons. The maximum Gasteiger partial charge on any atom is 0.223 e. The highest BCUT2D eigenvalue weighted by Gasteiger charge is 2.28. The Labute approximate surface area is 113 Å². The van der Waals surface area contributed by atoms with E-state index in [2.05, 4.69) is 33.9 Å². The predicted molar refractivity (Wildman–Crippen MR) is 73.8 cm³/mol. The van der Waals surface area contributed by atoms with Crippen molar-refractivity contribution in [2.24, 2.45) is 5.92 Å². The first kappa shape index (κ1) is 12.5. The molecule has 0 unspecified atom stereocenters. The minimum absolute atomic E-state index is 0.159. The van der Waals surface area contributed by atoms with Crippen LogP contribution in [-0.2, 0) is 11.3 Å². The van der Waals surface area contributed by atoms with Gasteiger partial charge in [0.25, 0.3) is 0 Å². The van der Waals surface area contributed by atoms with Gasteiger partial charge in [0.05, 0.1) is 0 Å². The zero-order chi connectivity index (χ0) is 13.2. The molecule has 0 saturated heterocycles. The second-order valence-corrected chi connectivity index (χ2v) is 5.61. The Kier molecular flexibility index (Phi) is 3.40. The van der Waals surface area contributed by atoms with E-state index in [4.69, 9.17) is 0 Å². The molecule has 0 spiro atoms. The molecule has 2 aliphatic rings. The van der Waals surface area contributed by atoms with Gasteiger partial charge in [-0.25, -0.2) is 4.98 Å². The number of rotatable bonds is 5. The van der Waals surface area contributed by atoms with Gasteiger partial charge in [0.15, 0.2) is 0 Å². The van der Waals surface area contributed by atoms with Crippen LogP contribution in [0.1, 0.15) is 43.1 Å². The molecule has 1 amide bonds. The molecule has 102 valence electrons. The van der Waals surface area contributed by atoms with E-state index in [0.717, 1.165) is 19.4 Å². The minimum Gasteiger partial charge on any atom is -0.354 e. The van der Waals surface area contributed by atoms with Crippen molar-refractivity contribution in [1.29, 1.82) is 0 Å². The first-order chi connectivity index (χ1) is 9.25. The van der Waals surface area contributed by atoms with Crippen molar-refractivity contribution >= 4 is 5.91 Å². The molecule has 1 fully saturated rings. The third-order valence-electron chi connectivity index (χ3n) is 4.04. The fourth-order valence-corrected chi connectivity index (χ4v) is 2.70. The monoisotopic (exact) mass is 259 g/mol. The van der Waals surface area contributed by atoms with E-state index in [0.29, 0.717) is 12.5 Å². The van der Waals surface area contributed by atoms with Crippen LogP contribution in [0.4, 0.5) is 0 Å². The number of allylic oxidation sites excluding steroid dienone is 2. The molecular formula is C15H21N3O. The lowest BCUT2D eigenvalue weighted by Crippen LogP contribution is -2.32. The Hall–Kier alpha value is -1.58. The average molecular weight is 259 g/mol. The molecule has 4 heteroatoms. The molecule has 1 heterocycles. The first-order valence-electron chi connectivity index (χ1n) is 7.20. The van der Waals surface area contributed by atoms with Gasteiger partial charge < -0.3 is 9.88 Å².